The molecule has 0 atom stereocenters. The number of alkyl halides is 3. The first-order chi connectivity index (χ1) is 5.33. The van der Waals surface area contributed by atoms with Crippen molar-refractivity contribution in [2.24, 2.45) is 5.41 Å². The third-order valence-electron chi connectivity index (χ3n) is 1.40. The average molecular weight is 176 g/mol. The molecular formula is C7H7F3N2. The van der Waals surface area contributed by atoms with Gasteiger partial charge in [-0.25, -0.2) is 0 Å². The van der Waals surface area contributed by atoms with Crippen molar-refractivity contribution in [1.82, 2.24) is 0 Å². The third-order valence-corrected chi connectivity index (χ3v) is 1.40. The van der Waals surface area contributed by atoms with Crippen molar-refractivity contribution in [3.8, 4) is 12.1 Å². The van der Waals surface area contributed by atoms with Crippen LogP contribution in [0.25, 0.3) is 0 Å². The zero-order valence-electron chi connectivity index (χ0n) is 6.44. The maximum atomic E-state index is 11.6. The smallest absolute Gasteiger partial charge is 0.197 e. The van der Waals surface area contributed by atoms with E-state index in [4.69, 9.17) is 10.5 Å². The molecule has 0 aromatic rings. The normalized spacial score (nSPS) is 11.8. The summed E-state index contributed by atoms with van der Waals surface area (Å²) < 4.78 is 34.9. The van der Waals surface area contributed by atoms with Crippen LogP contribution in [0.15, 0.2) is 0 Å². The summed E-state index contributed by atoms with van der Waals surface area (Å²) in [5, 5.41) is 16.7. The summed E-state index contributed by atoms with van der Waals surface area (Å²) in [7, 11) is 0. The quantitative estimate of drug-likeness (QED) is 0.648. The lowest BCUT2D eigenvalue weighted by Crippen LogP contribution is -2.16. The minimum atomic E-state index is -4.30. The predicted octanol–water partition coefficient (Wildman–Crippen LogP) is 2.38. The van der Waals surface area contributed by atoms with E-state index >= 15 is 0 Å². The summed E-state index contributed by atoms with van der Waals surface area (Å²) in [4.78, 5) is 0. The molecular weight excluding hydrogens is 169 g/mol. The van der Waals surface area contributed by atoms with Crippen molar-refractivity contribution >= 4 is 0 Å². The molecule has 0 aromatic carbocycles. The molecule has 66 valence electrons. The topological polar surface area (TPSA) is 47.6 Å². The van der Waals surface area contributed by atoms with E-state index in [1.807, 2.05) is 0 Å². The van der Waals surface area contributed by atoms with Gasteiger partial charge in [0, 0.05) is 6.42 Å². The second kappa shape index (κ2) is 3.44. The fourth-order valence-corrected chi connectivity index (χ4v) is 0.529. The largest absolute Gasteiger partial charge is 0.389 e. The second-order valence-electron chi connectivity index (χ2n) is 2.67. The predicted molar refractivity (Wildman–Crippen MR) is 34.6 cm³/mol. The highest BCUT2D eigenvalue weighted by Crippen LogP contribution is 2.29. The van der Waals surface area contributed by atoms with E-state index < -0.39 is 24.4 Å². The summed E-state index contributed by atoms with van der Waals surface area (Å²) in [5.41, 5.74) is -1.52. The summed E-state index contributed by atoms with van der Waals surface area (Å²) in [6, 6.07) is 3.08. The summed E-state index contributed by atoms with van der Waals surface area (Å²) >= 11 is 0. The van der Waals surface area contributed by atoms with Crippen LogP contribution in [0, 0.1) is 28.1 Å². The Hall–Kier alpha value is -1.23. The molecule has 0 fully saturated rings. The minimum absolute atomic E-state index is 0.469. The van der Waals surface area contributed by atoms with Gasteiger partial charge in [-0.15, -0.1) is 0 Å². The zero-order chi connectivity index (χ0) is 9.83. The lowest BCUT2D eigenvalue weighted by atomic mass is 9.89. The molecule has 0 unspecified atom stereocenters. The van der Waals surface area contributed by atoms with E-state index in [9.17, 15) is 13.2 Å². The molecule has 0 amide bonds. The van der Waals surface area contributed by atoms with Crippen molar-refractivity contribution in [2.45, 2.75) is 25.9 Å². The number of nitrogens with zero attached hydrogens (tertiary/aromatic N) is 2. The van der Waals surface area contributed by atoms with Crippen LogP contribution in [0.1, 0.15) is 19.8 Å². The van der Waals surface area contributed by atoms with Crippen LogP contribution in [0.5, 0.6) is 0 Å². The van der Waals surface area contributed by atoms with Crippen LogP contribution in [0.3, 0.4) is 0 Å². The summed E-state index contributed by atoms with van der Waals surface area (Å²) in [6.45, 7) is 1.19. The maximum Gasteiger partial charge on any atom is 0.389 e. The Morgan fingerprint density at radius 2 is 1.50 bits per heavy atom. The van der Waals surface area contributed by atoms with E-state index in [1.165, 1.54) is 19.1 Å². The Kier molecular flexibility index (Phi) is 3.09. The standard InChI is InChI=1S/C7H7F3N2/c1-6(4-11,5-12)2-3-7(8,9)10/h2-3H2,1H3. The molecule has 5 heteroatoms. The van der Waals surface area contributed by atoms with Gasteiger partial charge in [0.2, 0.25) is 0 Å². The average Bonchev–Trinajstić information content (AvgIpc) is 1.99. The summed E-state index contributed by atoms with van der Waals surface area (Å²) in [5.74, 6) is 0. The number of hydrogen-bond acceptors (Lipinski definition) is 2. The molecule has 0 N–H and O–H groups in total. The molecule has 12 heavy (non-hydrogen) atoms. The second-order valence-corrected chi connectivity index (χ2v) is 2.67. The van der Waals surface area contributed by atoms with E-state index in [-0.39, 0.29) is 0 Å². The van der Waals surface area contributed by atoms with Crippen molar-refractivity contribution in [2.75, 3.05) is 0 Å². The molecule has 2 nitrogen and oxygen atoms in total. The molecule has 0 rings (SSSR count). The van der Waals surface area contributed by atoms with E-state index in [1.54, 1.807) is 0 Å². The fraction of sp³-hybridized carbons (Fsp3) is 0.714. The van der Waals surface area contributed by atoms with Gasteiger partial charge in [0.25, 0.3) is 0 Å². The molecule has 0 aliphatic heterocycles. The van der Waals surface area contributed by atoms with Crippen LogP contribution < -0.4 is 0 Å². The minimum Gasteiger partial charge on any atom is -0.197 e. The lowest BCUT2D eigenvalue weighted by molar-refractivity contribution is -0.137. The third kappa shape index (κ3) is 3.82. The van der Waals surface area contributed by atoms with E-state index in [0.717, 1.165) is 0 Å². The Labute approximate surface area is 68.2 Å². The Morgan fingerprint density at radius 1 is 1.08 bits per heavy atom. The van der Waals surface area contributed by atoms with Crippen LogP contribution >= 0.6 is 0 Å². The van der Waals surface area contributed by atoms with Gasteiger partial charge in [-0.2, -0.15) is 23.7 Å². The first kappa shape index (κ1) is 10.8. The fourth-order valence-electron chi connectivity index (χ4n) is 0.529. The SMILES string of the molecule is CC(C#N)(C#N)CCC(F)(F)F. The zero-order valence-corrected chi connectivity index (χ0v) is 6.44. The number of halogens is 3. The van der Waals surface area contributed by atoms with Gasteiger partial charge in [0.1, 0.15) is 5.41 Å². The van der Waals surface area contributed by atoms with E-state index in [2.05, 4.69) is 0 Å². The highest BCUT2D eigenvalue weighted by Gasteiger charge is 2.33. The van der Waals surface area contributed by atoms with Gasteiger partial charge in [0.05, 0.1) is 12.1 Å². The maximum absolute atomic E-state index is 11.6. The van der Waals surface area contributed by atoms with Crippen LogP contribution in [0.4, 0.5) is 13.2 Å². The molecule has 0 aromatic heterocycles. The van der Waals surface area contributed by atoms with Crippen LogP contribution in [0.2, 0.25) is 0 Å². The monoisotopic (exact) mass is 176 g/mol. The highest BCUT2D eigenvalue weighted by atomic mass is 19.4. The summed E-state index contributed by atoms with van der Waals surface area (Å²) in [6.07, 6.45) is -5.86. The van der Waals surface area contributed by atoms with Gasteiger partial charge >= 0.3 is 6.18 Å². The Balaban J connectivity index is 4.13. The van der Waals surface area contributed by atoms with Crippen LogP contribution in [-0.4, -0.2) is 6.18 Å². The van der Waals surface area contributed by atoms with Gasteiger partial charge in [-0.3, -0.25) is 0 Å². The van der Waals surface area contributed by atoms with Crippen molar-refractivity contribution < 1.29 is 13.2 Å². The van der Waals surface area contributed by atoms with Gasteiger partial charge in [-0.1, -0.05) is 0 Å². The number of rotatable bonds is 2. The lowest BCUT2D eigenvalue weighted by Gasteiger charge is -2.12. The molecule has 0 bridgehead atoms. The Morgan fingerprint density at radius 3 is 1.75 bits per heavy atom. The molecule has 0 saturated carbocycles. The highest BCUT2D eigenvalue weighted by molar-refractivity contribution is 5.10. The van der Waals surface area contributed by atoms with Gasteiger partial charge < -0.3 is 0 Å². The van der Waals surface area contributed by atoms with Gasteiger partial charge in [-0.05, 0) is 13.3 Å². The molecule has 0 spiro atoms. The Bertz CT molecular complexity index is 217. The van der Waals surface area contributed by atoms with Crippen LogP contribution in [-0.2, 0) is 0 Å². The first-order valence-corrected chi connectivity index (χ1v) is 3.22. The first-order valence-electron chi connectivity index (χ1n) is 3.22. The molecule has 0 radical (unpaired) electrons. The molecule has 0 aliphatic carbocycles. The number of hydrogen-bond donors (Lipinski definition) is 0. The van der Waals surface area contributed by atoms with E-state index in [0.29, 0.717) is 0 Å². The van der Waals surface area contributed by atoms with Crippen molar-refractivity contribution in [3.63, 3.8) is 0 Å². The van der Waals surface area contributed by atoms with Gasteiger partial charge in [0.15, 0.2) is 0 Å². The van der Waals surface area contributed by atoms with Crippen molar-refractivity contribution in [1.29, 1.82) is 10.5 Å². The molecule has 0 aliphatic rings. The molecule has 0 saturated heterocycles. The number of nitriles is 2. The van der Waals surface area contributed by atoms with Crippen molar-refractivity contribution in [3.05, 3.63) is 0 Å². The molecule has 0 heterocycles.